The number of ether oxygens (including phenoxy) is 1. The van der Waals surface area contributed by atoms with E-state index in [9.17, 15) is 4.79 Å². The van der Waals surface area contributed by atoms with Crippen molar-refractivity contribution < 1.29 is 9.53 Å². The zero-order valence-corrected chi connectivity index (χ0v) is 20.1. The Labute approximate surface area is 208 Å². The first kappa shape index (κ1) is 23.9. The van der Waals surface area contributed by atoms with E-state index in [2.05, 4.69) is 20.7 Å². The molecule has 1 amide bonds. The SMILES string of the molecule is C#CCN1CCN(c2ncc(Sc3ccc(C(N)=O)cc3)c(OCc3cccc(Cl)c3)n2)CC1. The van der Waals surface area contributed by atoms with Crippen LogP contribution in [0.15, 0.2) is 64.5 Å². The molecule has 1 aromatic heterocycles. The van der Waals surface area contributed by atoms with Gasteiger partial charge in [0.15, 0.2) is 0 Å². The highest BCUT2D eigenvalue weighted by atomic mass is 35.5. The summed E-state index contributed by atoms with van der Waals surface area (Å²) < 4.78 is 6.14. The van der Waals surface area contributed by atoms with Crippen molar-refractivity contribution in [1.29, 1.82) is 0 Å². The molecule has 0 bridgehead atoms. The molecule has 1 fully saturated rings. The van der Waals surface area contributed by atoms with Crippen LogP contribution in [0, 0.1) is 12.3 Å². The fraction of sp³-hybridized carbons (Fsp3) is 0.240. The van der Waals surface area contributed by atoms with E-state index >= 15 is 0 Å². The summed E-state index contributed by atoms with van der Waals surface area (Å²) in [4.78, 5) is 26.8. The first-order valence-corrected chi connectivity index (χ1v) is 11.9. The molecule has 4 rings (SSSR count). The number of amides is 1. The van der Waals surface area contributed by atoms with Gasteiger partial charge in [-0.2, -0.15) is 4.98 Å². The number of rotatable bonds is 8. The van der Waals surface area contributed by atoms with E-state index in [1.165, 1.54) is 11.8 Å². The Morgan fingerprint density at radius 3 is 2.62 bits per heavy atom. The minimum Gasteiger partial charge on any atom is -0.472 e. The number of benzene rings is 2. The van der Waals surface area contributed by atoms with Crippen LogP contribution in [0.5, 0.6) is 5.88 Å². The second-order valence-electron chi connectivity index (χ2n) is 7.72. The largest absolute Gasteiger partial charge is 0.472 e. The summed E-state index contributed by atoms with van der Waals surface area (Å²) in [6.45, 7) is 4.25. The minimum atomic E-state index is -0.461. The van der Waals surface area contributed by atoms with E-state index in [-0.39, 0.29) is 0 Å². The zero-order chi connectivity index (χ0) is 23.9. The van der Waals surface area contributed by atoms with Crippen LogP contribution >= 0.6 is 23.4 Å². The molecule has 174 valence electrons. The van der Waals surface area contributed by atoms with E-state index in [0.29, 0.717) is 35.6 Å². The molecule has 1 aliphatic heterocycles. The molecule has 2 aromatic carbocycles. The van der Waals surface area contributed by atoms with Crippen LogP contribution in [0.2, 0.25) is 5.02 Å². The summed E-state index contributed by atoms with van der Waals surface area (Å²) in [6.07, 6.45) is 7.21. The van der Waals surface area contributed by atoms with Crippen LogP contribution in [0.3, 0.4) is 0 Å². The standard InChI is InChI=1S/C25H24ClN5O2S/c1-2-10-30-11-13-31(14-12-30)25-28-16-22(34-21-8-6-19(7-9-21)23(27)32)24(29-25)33-17-18-4-3-5-20(26)15-18/h1,3-9,15-16H,10-14,17H2,(H2,27,32). The van der Waals surface area contributed by atoms with Crippen LogP contribution < -0.4 is 15.4 Å². The number of carbonyl (C=O) groups is 1. The Hall–Kier alpha value is -3.25. The third-order valence-electron chi connectivity index (χ3n) is 5.31. The van der Waals surface area contributed by atoms with Gasteiger partial charge in [0.25, 0.3) is 0 Å². The number of primary amides is 1. The molecule has 2 heterocycles. The van der Waals surface area contributed by atoms with Gasteiger partial charge in [0, 0.05) is 41.7 Å². The molecule has 1 aliphatic rings. The zero-order valence-electron chi connectivity index (χ0n) is 18.5. The minimum absolute atomic E-state index is 0.321. The van der Waals surface area contributed by atoms with Crippen molar-refractivity contribution in [2.75, 3.05) is 37.6 Å². The van der Waals surface area contributed by atoms with E-state index in [1.54, 1.807) is 18.3 Å². The quantitative estimate of drug-likeness (QED) is 0.479. The van der Waals surface area contributed by atoms with Crippen molar-refractivity contribution in [1.82, 2.24) is 14.9 Å². The predicted molar refractivity (Wildman–Crippen MR) is 134 cm³/mol. The third kappa shape index (κ3) is 6.20. The number of nitrogens with two attached hydrogens (primary N) is 1. The number of hydrogen-bond donors (Lipinski definition) is 1. The average molecular weight is 494 g/mol. The van der Waals surface area contributed by atoms with E-state index in [4.69, 9.17) is 33.5 Å². The van der Waals surface area contributed by atoms with Gasteiger partial charge in [-0.05, 0) is 42.0 Å². The Bertz CT molecular complexity index is 1190. The summed E-state index contributed by atoms with van der Waals surface area (Å²) in [7, 11) is 0. The maximum absolute atomic E-state index is 11.4. The fourth-order valence-corrected chi connectivity index (χ4v) is 4.54. The number of nitrogens with zero attached hydrogens (tertiary/aromatic N) is 4. The van der Waals surface area contributed by atoms with Gasteiger partial charge >= 0.3 is 0 Å². The van der Waals surface area contributed by atoms with Crippen molar-refractivity contribution in [2.24, 2.45) is 5.73 Å². The lowest BCUT2D eigenvalue weighted by molar-refractivity contribution is 0.1000. The molecule has 0 unspecified atom stereocenters. The number of piperazine rings is 1. The average Bonchev–Trinajstić information content (AvgIpc) is 2.84. The summed E-state index contributed by atoms with van der Waals surface area (Å²) in [5.74, 6) is 3.34. The highest BCUT2D eigenvalue weighted by Crippen LogP contribution is 2.35. The van der Waals surface area contributed by atoms with Crippen LogP contribution in [0.25, 0.3) is 0 Å². The molecule has 9 heteroatoms. The van der Waals surface area contributed by atoms with Crippen molar-refractivity contribution >= 4 is 35.2 Å². The number of anilines is 1. The lowest BCUT2D eigenvalue weighted by Gasteiger charge is -2.33. The van der Waals surface area contributed by atoms with Gasteiger partial charge < -0.3 is 15.4 Å². The normalized spacial score (nSPS) is 13.9. The van der Waals surface area contributed by atoms with Crippen LogP contribution in [-0.2, 0) is 6.61 Å². The predicted octanol–water partition coefficient (Wildman–Crippen LogP) is 3.71. The summed E-state index contributed by atoms with van der Waals surface area (Å²) in [5, 5.41) is 0.651. The number of hydrogen-bond acceptors (Lipinski definition) is 7. The highest BCUT2D eigenvalue weighted by molar-refractivity contribution is 7.99. The van der Waals surface area contributed by atoms with E-state index in [1.807, 2.05) is 36.4 Å². The molecule has 0 aliphatic carbocycles. The number of halogens is 1. The number of aromatic nitrogens is 2. The molecular weight excluding hydrogens is 470 g/mol. The third-order valence-corrected chi connectivity index (χ3v) is 6.55. The number of terminal acetylenes is 1. The fourth-order valence-electron chi connectivity index (χ4n) is 3.50. The lowest BCUT2D eigenvalue weighted by atomic mass is 10.2. The molecule has 2 N–H and O–H groups in total. The van der Waals surface area contributed by atoms with Crippen LogP contribution in [0.1, 0.15) is 15.9 Å². The smallest absolute Gasteiger partial charge is 0.248 e. The van der Waals surface area contributed by atoms with Crippen molar-refractivity contribution in [2.45, 2.75) is 16.4 Å². The van der Waals surface area contributed by atoms with Crippen LogP contribution in [-0.4, -0.2) is 53.5 Å². The molecule has 3 aromatic rings. The second-order valence-corrected chi connectivity index (χ2v) is 9.27. The van der Waals surface area contributed by atoms with Gasteiger partial charge in [-0.1, -0.05) is 41.4 Å². The summed E-state index contributed by atoms with van der Waals surface area (Å²) in [5.41, 5.74) is 6.74. The summed E-state index contributed by atoms with van der Waals surface area (Å²) >= 11 is 7.58. The Morgan fingerprint density at radius 1 is 1.18 bits per heavy atom. The lowest BCUT2D eigenvalue weighted by Crippen LogP contribution is -2.47. The molecule has 0 spiro atoms. The van der Waals surface area contributed by atoms with E-state index < -0.39 is 5.91 Å². The van der Waals surface area contributed by atoms with Crippen molar-refractivity contribution in [3.63, 3.8) is 0 Å². The second kappa shape index (κ2) is 11.3. The van der Waals surface area contributed by atoms with Gasteiger partial charge in [0.2, 0.25) is 17.7 Å². The van der Waals surface area contributed by atoms with Gasteiger partial charge in [-0.15, -0.1) is 6.42 Å². The van der Waals surface area contributed by atoms with Crippen molar-refractivity contribution in [3.05, 3.63) is 70.9 Å². The van der Waals surface area contributed by atoms with Crippen LogP contribution in [0.4, 0.5) is 5.95 Å². The summed E-state index contributed by atoms with van der Waals surface area (Å²) in [6, 6.07) is 14.6. The Morgan fingerprint density at radius 2 is 1.94 bits per heavy atom. The van der Waals surface area contributed by atoms with E-state index in [0.717, 1.165) is 41.5 Å². The molecule has 0 atom stereocenters. The topological polar surface area (TPSA) is 84.6 Å². The molecule has 7 nitrogen and oxygen atoms in total. The molecular formula is C25H24ClN5O2S. The van der Waals surface area contributed by atoms with Gasteiger partial charge in [0.05, 0.1) is 17.6 Å². The van der Waals surface area contributed by atoms with Gasteiger partial charge in [-0.25, -0.2) is 4.98 Å². The van der Waals surface area contributed by atoms with Crippen molar-refractivity contribution in [3.8, 4) is 18.2 Å². The Balaban J connectivity index is 1.55. The molecule has 0 saturated carbocycles. The molecule has 0 radical (unpaired) electrons. The Kier molecular flexibility index (Phi) is 7.91. The van der Waals surface area contributed by atoms with Gasteiger partial charge in [-0.3, -0.25) is 9.69 Å². The first-order valence-electron chi connectivity index (χ1n) is 10.7. The highest BCUT2D eigenvalue weighted by Gasteiger charge is 2.20. The maximum Gasteiger partial charge on any atom is 0.248 e. The monoisotopic (exact) mass is 493 g/mol. The maximum atomic E-state index is 11.4. The number of carbonyl (C=O) groups excluding carboxylic acids is 1. The molecule has 1 saturated heterocycles. The first-order chi connectivity index (χ1) is 16.5. The van der Waals surface area contributed by atoms with Gasteiger partial charge in [0.1, 0.15) is 6.61 Å². The molecule has 34 heavy (non-hydrogen) atoms.